The van der Waals surface area contributed by atoms with Crippen LogP contribution in [0.2, 0.25) is 0 Å². The maximum absolute atomic E-state index is 13.0. The van der Waals surface area contributed by atoms with Crippen LogP contribution >= 0.6 is 0 Å². The van der Waals surface area contributed by atoms with Gasteiger partial charge in [0.15, 0.2) is 11.5 Å². The van der Waals surface area contributed by atoms with Crippen LogP contribution in [0.15, 0.2) is 42.5 Å². The first-order valence-corrected chi connectivity index (χ1v) is 9.02. The molecule has 0 fully saturated rings. The maximum atomic E-state index is 13.0. The Morgan fingerprint density at radius 3 is 2.44 bits per heavy atom. The van der Waals surface area contributed by atoms with E-state index in [1.165, 1.54) is 12.1 Å². The van der Waals surface area contributed by atoms with Gasteiger partial charge in [0, 0.05) is 25.6 Å². The van der Waals surface area contributed by atoms with E-state index in [2.05, 4.69) is 10.6 Å². The van der Waals surface area contributed by atoms with E-state index in [1.54, 1.807) is 19.2 Å². The lowest BCUT2D eigenvalue weighted by atomic mass is 10.2. The third kappa shape index (κ3) is 7.27. The third-order valence-corrected chi connectivity index (χ3v) is 3.84. The lowest BCUT2D eigenvalue weighted by Gasteiger charge is -2.13. The summed E-state index contributed by atoms with van der Waals surface area (Å²) in [5, 5.41) is 6.11. The van der Waals surface area contributed by atoms with Gasteiger partial charge in [-0.3, -0.25) is 4.79 Å². The summed E-state index contributed by atoms with van der Waals surface area (Å²) in [7, 11) is 1.59. The molecule has 0 radical (unpaired) electrons. The molecule has 0 saturated carbocycles. The molecule has 0 aliphatic carbocycles. The van der Waals surface area contributed by atoms with Crippen molar-refractivity contribution in [1.82, 2.24) is 10.6 Å². The molecule has 2 aromatic carbocycles. The molecule has 0 aliphatic heterocycles. The van der Waals surface area contributed by atoms with Crippen LogP contribution in [0.3, 0.4) is 0 Å². The van der Waals surface area contributed by atoms with Crippen LogP contribution in [0.4, 0.5) is 4.39 Å². The molecule has 0 aliphatic rings. The lowest BCUT2D eigenvalue weighted by Crippen LogP contribution is -2.32. The number of nitrogens with one attached hydrogen (secondary N) is 2. The van der Waals surface area contributed by atoms with Crippen LogP contribution in [0.5, 0.6) is 11.5 Å². The number of rotatable bonds is 10. The van der Waals surface area contributed by atoms with Gasteiger partial charge < -0.3 is 20.1 Å². The van der Waals surface area contributed by atoms with E-state index in [1.807, 2.05) is 32.0 Å². The highest BCUT2D eigenvalue weighted by Gasteiger charge is 2.07. The van der Waals surface area contributed by atoms with Crippen LogP contribution < -0.4 is 20.1 Å². The fourth-order valence-corrected chi connectivity index (χ4v) is 2.51. The molecule has 0 spiro atoms. The summed E-state index contributed by atoms with van der Waals surface area (Å²) in [6.45, 7) is 5.45. The molecule has 0 saturated heterocycles. The Morgan fingerprint density at radius 1 is 1.07 bits per heavy atom. The Bertz CT molecular complexity index is 733. The minimum absolute atomic E-state index is 0.0413. The van der Waals surface area contributed by atoms with Crippen molar-refractivity contribution in [3.8, 4) is 11.5 Å². The highest BCUT2D eigenvalue weighted by molar-refractivity contribution is 5.76. The molecular formula is C21H27FN2O3. The van der Waals surface area contributed by atoms with Crippen LogP contribution in [-0.2, 0) is 17.9 Å². The van der Waals surface area contributed by atoms with Crippen molar-refractivity contribution in [2.75, 3.05) is 13.7 Å². The number of methoxy groups -OCH3 is 1. The van der Waals surface area contributed by atoms with E-state index in [-0.39, 0.29) is 17.8 Å². The summed E-state index contributed by atoms with van der Waals surface area (Å²) in [6.07, 6.45) is 0.439. The minimum atomic E-state index is -0.269. The standard InChI is InChI=1S/C21H27FN2O3/c1-15(2)24-21(25)10-11-23-13-17-6-9-19(20(12-17)26-3)27-14-16-4-7-18(22)8-5-16/h4-9,12,15,23H,10-11,13-14H2,1-3H3,(H,24,25). The van der Waals surface area contributed by atoms with Gasteiger partial charge in [-0.2, -0.15) is 0 Å². The second-order valence-electron chi connectivity index (χ2n) is 6.55. The first kappa shape index (κ1) is 20.7. The smallest absolute Gasteiger partial charge is 0.221 e. The summed E-state index contributed by atoms with van der Waals surface area (Å²) in [5.74, 6) is 1.03. The van der Waals surface area contributed by atoms with E-state index < -0.39 is 0 Å². The highest BCUT2D eigenvalue weighted by Crippen LogP contribution is 2.28. The molecule has 146 valence electrons. The molecule has 2 N–H and O–H groups in total. The average molecular weight is 374 g/mol. The molecule has 0 heterocycles. The van der Waals surface area contributed by atoms with Crippen molar-refractivity contribution in [3.05, 3.63) is 59.4 Å². The normalized spacial score (nSPS) is 10.7. The predicted octanol–water partition coefficient (Wildman–Crippen LogP) is 3.42. The third-order valence-electron chi connectivity index (χ3n) is 3.84. The molecular weight excluding hydrogens is 347 g/mol. The van der Waals surface area contributed by atoms with Crippen LogP contribution in [0, 0.1) is 5.82 Å². The topological polar surface area (TPSA) is 59.6 Å². The van der Waals surface area contributed by atoms with Gasteiger partial charge >= 0.3 is 0 Å². The molecule has 5 nitrogen and oxygen atoms in total. The monoisotopic (exact) mass is 374 g/mol. The number of benzene rings is 2. The first-order valence-electron chi connectivity index (χ1n) is 9.02. The number of halogens is 1. The van der Waals surface area contributed by atoms with Gasteiger partial charge in [0.25, 0.3) is 0 Å². The summed E-state index contributed by atoms with van der Waals surface area (Å²) in [4.78, 5) is 11.6. The molecule has 0 aromatic heterocycles. The Balaban J connectivity index is 1.84. The number of hydrogen-bond acceptors (Lipinski definition) is 4. The van der Waals surface area contributed by atoms with Gasteiger partial charge in [-0.15, -0.1) is 0 Å². The Labute approximate surface area is 159 Å². The first-order chi connectivity index (χ1) is 13.0. The number of hydrogen-bond donors (Lipinski definition) is 2. The second-order valence-corrected chi connectivity index (χ2v) is 6.55. The van der Waals surface area contributed by atoms with Crippen molar-refractivity contribution in [1.29, 1.82) is 0 Å². The second kappa shape index (κ2) is 10.5. The van der Waals surface area contributed by atoms with Gasteiger partial charge in [-0.05, 0) is 49.2 Å². The van der Waals surface area contributed by atoms with Crippen molar-refractivity contribution >= 4 is 5.91 Å². The average Bonchev–Trinajstić information content (AvgIpc) is 2.64. The van der Waals surface area contributed by atoms with Gasteiger partial charge in [-0.25, -0.2) is 4.39 Å². The fraction of sp³-hybridized carbons (Fsp3) is 0.381. The molecule has 0 bridgehead atoms. The maximum Gasteiger partial charge on any atom is 0.221 e. The van der Waals surface area contributed by atoms with Crippen molar-refractivity contribution in [3.63, 3.8) is 0 Å². The lowest BCUT2D eigenvalue weighted by molar-refractivity contribution is -0.121. The molecule has 0 atom stereocenters. The Morgan fingerprint density at radius 2 is 1.78 bits per heavy atom. The van der Waals surface area contributed by atoms with Crippen molar-refractivity contribution in [2.24, 2.45) is 0 Å². The SMILES string of the molecule is COc1cc(CNCCC(=O)NC(C)C)ccc1OCc1ccc(F)cc1. The van der Waals surface area contributed by atoms with Gasteiger partial charge in [0.1, 0.15) is 12.4 Å². The number of carbonyl (C=O) groups is 1. The van der Waals surface area contributed by atoms with Crippen molar-refractivity contribution in [2.45, 2.75) is 39.5 Å². The van der Waals surface area contributed by atoms with Gasteiger partial charge in [0.2, 0.25) is 5.91 Å². The highest BCUT2D eigenvalue weighted by atomic mass is 19.1. The molecule has 27 heavy (non-hydrogen) atoms. The predicted molar refractivity (Wildman–Crippen MR) is 103 cm³/mol. The fourth-order valence-electron chi connectivity index (χ4n) is 2.51. The zero-order valence-corrected chi connectivity index (χ0v) is 16.0. The van der Waals surface area contributed by atoms with Gasteiger partial charge in [-0.1, -0.05) is 18.2 Å². The largest absolute Gasteiger partial charge is 0.493 e. The van der Waals surface area contributed by atoms with Crippen molar-refractivity contribution < 1.29 is 18.7 Å². The Kier molecular flexibility index (Phi) is 8.07. The zero-order chi connectivity index (χ0) is 19.6. The van der Waals surface area contributed by atoms with E-state index in [4.69, 9.17) is 9.47 Å². The summed E-state index contributed by atoms with van der Waals surface area (Å²) >= 11 is 0. The van der Waals surface area contributed by atoms with E-state index in [0.29, 0.717) is 37.6 Å². The molecule has 6 heteroatoms. The number of carbonyl (C=O) groups excluding carboxylic acids is 1. The van der Waals surface area contributed by atoms with Crippen LogP contribution in [0.25, 0.3) is 0 Å². The molecule has 1 amide bonds. The number of amides is 1. The quantitative estimate of drug-likeness (QED) is 0.626. The summed E-state index contributed by atoms with van der Waals surface area (Å²) < 4.78 is 24.1. The van der Waals surface area contributed by atoms with Gasteiger partial charge in [0.05, 0.1) is 7.11 Å². The van der Waals surface area contributed by atoms with E-state index >= 15 is 0 Å². The summed E-state index contributed by atoms with van der Waals surface area (Å²) in [5.41, 5.74) is 1.91. The zero-order valence-electron chi connectivity index (χ0n) is 16.0. The van der Waals surface area contributed by atoms with E-state index in [0.717, 1.165) is 11.1 Å². The van der Waals surface area contributed by atoms with Crippen LogP contribution in [-0.4, -0.2) is 25.6 Å². The summed E-state index contributed by atoms with van der Waals surface area (Å²) in [6, 6.07) is 12.1. The molecule has 2 rings (SSSR count). The molecule has 2 aromatic rings. The Hall–Kier alpha value is -2.60. The minimum Gasteiger partial charge on any atom is -0.493 e. The van der Waals surface area contributed by atoms with Crippen LogP contribution in [0.1, 0.15) is 31.4 Å². The molecule has 0 unspecified atom stereocenters. The number of ether oxygens (including phenoxy) is 2. The van der Waals surface area contributed by atoms with E-state index in [9.17, 15) is 9.18 Å².